The first kappa shape index (κ1) is 14.1. The van der Waals surface area contributed by atoms with E-state index in [-0.39, 0.29) is 6.04 Å². The van der Waals surface area contributed by atoms with Gasteiger partial charge in [0.05, 0.1) is 6.04 Å². The molecule has 1 unspecified atom stereocenters. The highest BCUT2D eigenvalue weighted by Gasteiger charge is 2.12. The minimum absolute atomic E-state index is 0.245. The van der Waals surface area contributed by atoms with Crippen molar-refractivity contribution in [1.29, 1.82) is 0 Å². The number of halogens is 1. The highest BCUT2D eigenvalue weighted by molar-refractivity contribution is 9.10. The molecule has 0 bridgehead atoms. The topological polar surface area (TPSA) is 24.9 Å². The van der Waals surface area contributed by atoms with Crippen molar-refractivity contribution in [2.45, 2.75) is 33.7 Å². The van der Waals surface area contributed by atoms with Gasteiger partial charge in [0.15, 0.2) is 0 Å². The van der Waals surface area contributed by atoms with Gasteiger partial charge in [-0.15, -0.1) is 0 Å². The van der Waals surface area contributed by atoms with Crippen LogP contribution in [-0.2, 0) is 0 Å². The van der Waals surface area contributed by atoms with Gasteiger partial charge in [-0.1, -0.05) is 15.9 Å². The fraction of sp³-hybridized carbons (Fsp3) is 0.312. The van der Waals surface area contributed by atoms with E-state index >= 15 is 0 Å². The van der Waals surface area contributed by atoms with E-state index in [1.807, 2.05) is 19.1 Å². The third kappa shape index (κ3) is 3.35. The molecule has 0 spiro atoms. The first-order valence-corrected chi connectivity index (χ1v) is 7.23. The van der Waals surface area contributed by atoms with Gasteiger partial charge in [-0.25, -0.2) is 0 Å². The summed E-state index contributed by atoms with van der Waals surface area (Å²) >= 11 is 3.45. The molecule has 0 amide bonds. The van der Waals surface area contributed by atoms with Crippen LogP contribution in [0, 0.1) is 20.8 Å². The maximum absolute atomic E-state index is 4.56. The van der Waals surface area contributed by atoms with E-state index in [1.165, 1.54) is 11.1 Å². The number of benzene rings is 1. The first-order valence-electron chi connectivity index (χ1n) is 6.44. The molecule has 0 aliphatic rings. The van der Waals surface area contributed by atoms with Crippen LogP contribution in [0.15, 0.2) is 34.8 Å². The van der Waals surface area contributed by atoms with E-state index in [0.717, 1.165) is 21.5 Å². The number of hydrogen-bond donors (Lipinski definition) is 1. The minimum Gasteiger partial charge on any atom is -0.378 e. The lowest BCUT2D eigenvalue weighted by molar-refractivity contribution is 0.843. The molecule has 100 valence electrons. The SMILES string of the molecule is Cc1cc(C)c(C(C)Nc2ccc(Br)cc2)c(C)n1. The molecule has 1 aromatic heterocycles. The number of aromatic nitrogens is 1. The van der Waals surface area contributed by atoms with Gasteiger partial charge in [0.2, 0.25) is 0 Å². The van der Waals surface area contributed by atoms with Gasteiger partial charge in [-0.3, -0.25) is 4.98 Å². The Bertz CT molecular complexity index is 553. The summed E-state index contributed by atoms with van der Waals surface area (Å²) in [5.41, 5.74) is 5.88. The van der Waals surface area contributed by atoms with Crippen molar-refractivity contribution in [3.63, 3.8) is 0 Å². The molecule has 0 aliphatic heterocycles. The molecule has 0 saturated heterocycles. The van der Waals surface area contributed by atoms with Crippen molar-refractivity contribution < 1.29 is 0 Å². The monoisotopic (exact) mass is 318 g/mol. The van der Waals surface area contributed by atoms with Crippen LogP contribution in [0.5, 0.6) is 0 Å². The van der Waals surface area contributed by atoms with Crippen molar-refractivity contribution in [1.82, 2.24) is 4.98 Å². The van der Waals surface area contributed by atoms with E-state index in [4.69, 9.17) is 0 Å². The van der Waals surface area contributed by atoms with Crippen LogP contribution in [0.1, 0.15) is 35.5 Å². The Labute approximate surface area is 123 Å². The normalized spacial score (nSPS) is 12.3. The van der Waals surface area contributed by atoms with Crippen LogP contribution >= 0.6 is 15.9 Å². The Morgan fingerprint density at radius 2 is 1.74 bits per heavy atom. The van der Waals surface area contributed by atoms with Gasteiger partial charge < -0.3 is 5.32 Å². The summed E-state index contributed by atoms with van der Waals surface area (Å²) in [5, 5.41) is 3.53. The molecule has 2 nitrogen and oxygen atoms in total. The lowest BCUT2D eigenvalue weighted by atomic mass is 10.00. The minimum atomic E-state index is 0.245. The van der Waals surface area contributed by atoms with Crippen LogP contribution in [0.4, 0.5) is 5.69 Å². The van der Waals surface area contributed by atoms with Crippen molar-refractivity contribution in [2.75, 3.05) is 5.32 Å². The second-order valence-corrected chi connectivity index (χ2v) is 5.87. The van der Waals surface area contributed by atoms with Gasteiger partial charge in [-0.05, 0) is 69.2 Å². The summed E-state index contributed by atoms with van der Waals surface area (Å²) in [6, 6.07) is 10.6. The molecule has 1 N–H and O–H groups in total. The molecular weight excluding hydrogens is 300 g/mol. The Hall–Kier alpha value is -1.35. The Balaban J connectivity index is 2.25. The van der Waals surface area contributed by atoms with Gasteiger partial charge in [0, 0.05) is 21.5 Å². The summed E-state index contributed by atoms with van der Waals surface area (Å²) in [5.74, 6) is 0. The van der Waals surface area contributed by atoms with E-state index in [1.54, 1.807) is 0 Å². The maximum Gasteiger partial charge on any atom is 0.0506 e. The lowest BCUT2D eigenvalue weighted by Crippen LogP contribution is -2.11. The van der Waals surface area contributed by atoms with Gasteiger partial charge >= 0.3 is 0 Å². The molecule has 1 heterocycles. The van der Waals surface area contributed by atoms with Crippen LogP contribution in [0.3, 0.4) is 0 Å². The average Bonchev–Trinajstić information content (AvgIpc) is 2.30. The number of rotatable bonds is 3. The van der Waals surface area contributed by atoms with Crippen LogP contribution in [0.25, 0.3) is 0 Å². The average molecular weight is 319 g/mol. The van der Waals surface area contributed by atoms with E-state index in [9.17, 15) is 0 Å². The summed E-state index contributed by atoms with van der Waals surface area (Å²) < 4.78 is 1.09. The third-order valence-electron chi connectivity index (χ3n) is 3.24. The predicted molar refractivity (Wildman–Crippen MR) is 84.6 cm³/mol. The van der Waals surface area contributed by atoms with Gasteiger partial charge in [-0.2, -0.15) is 0 Å². The third-order valence-corrected chi connectivity index (χ3v) is 3.77. The fourth-order valence-electron chi connectivity index (χ4n) is 2.56. The molecular formula is C16H19BrN2. The molecule has 0 fully saturated rings. The molecule has 0 aliphatic carbocycles. The van der Waals surface area contributed by atoms with Crippen LogP contribution in [0.2, 0.25) is 0 Å². The molecule has 2 aromatic rings. The number of nitrogens with zero attached hydrogens (tertiary/aromatic N) is 1. The van der Waals surface area contributed by atoms with Gasteiger partial charge in [0.25, 0.3) is 0 Å². The zero-order valence-electron chi connectivity index (χ0n) is 11.8. The number of pyridine rings is 1. The number of nitrogens with one attached hydrogen (secondary N) is 1. The Morgan fingerprint density at radius 1 is 1.11 bits per heavy atom. The Morgan fingerprint density at radius 3 is 2.32 bits per heavy atom. The highest BCUT2D eigenvalue weighted by atomic mass is 79.9. The Kier molecular flexibility index (Phi) is 4.25. The number of hydrogen-bond acceptors (Lipinski definition) is 2. The highest BCUT2D eigenvalue weighted by Crippen LogP contribution is 2.25. The fourth-order valence-corrected chi connectivity index (χ4v) is 2.82. The molecule has 3 heteroatoms. The summed E-state index contributed by atoms with van der Waals surface area (Å²) in [4.78, 5) is 4.56. The summed E-state index contributed by atoms with van der Waals surface area (Å²) in [7, 11) is 0. The van der Waals surface area contributed by atoms with Crippen molar-refractivity contribution >= 4 is 21.6 Å². The largest absolute Gasteiger partial charge is 0.378 e. The molecule has 1 aromatic carbocycles. The molecule has 2 rings (SSSR count). The van der Waals surface area contributed by atoms with Crippen molar-refractivity contribution in [2.24, 2.45) is 0 Å². The standard InChI is InChI=1S/C16H19BrN2/c1-10-9-11(2)18-12(3)16(10)13(4)19-15-7-5-14(17)6-8-15/h5-9,13,19H,1-4H3. The second kappa shape index (κ2) is 5.74. The van der Waals surface area contributed by atoms with E-state index < -0.39 is 0 Å². The van der Waals surface area contributed by atoms with Gasteiger partial charge in [0.1, 0.15) is 0 Å². The van der Waals surface area contributed by atoms with Crippen molar-refractivity contribution in [3.8, 4) is 0 Å². The smallest absolute Gasteiger partial charge is 0.0506 e. The summed E-state index contributed by atoms with van der Waals surface area (Å²) in [6.07, 6.45) is 0. The first-order chi connectivity index (χ1) is 8.97. The molecule has 19 heavy (non-hydrogen) atoms. The van der Waals surface area contributed by atoms with E-state index in [2.05, 4.69) is 65.2 Å². The second-order valence-electron chi connectivity index (χ2n) is 4.95. The zero-order chi connectivity index (χ0) is 14.0. The quantitative estimate of drug-likeness (QED) is 0.866. The molecule has 0 saturated carbocycles. The van der Waals surface area contributed by atoms with E-state index in [0.29, 0.717) is 0 Å². The predicted octanol–water partition coefficient (Wildman–Crippen LogP) is 4.94. The number of anilines is 1. The summed E-state index contributed by atoms with van der Waals surface area (Å²) in [6.45, 7) is 8.44. The molecule has 1 atom stereocenters. The van der Waals surface area contributed by atoms with Crippen LogP contribution in [-0.4, -0.2) is 4.98 Å². The van der Waals surface area contributed by atoms with Crippen LogP contribution < -0.4 is 5.32 Å². The zero-order valence-corrected chi connectivity index (χ0v) is 13.4. The maximum atomic E-state index is 4.56. The van der Waals surface area contributed by atoms with Crippen molar-refractivity contribution in [3.05, 3.63) is 57.3 Å². The number of aryl methyl sites for hydroxylation is 3. The molecule has 0 radical (unpaired) electrons. The lowest BCUT2D eigenvalue weighted by Gasteiger charge is -2.20.